The maximum atomic E-state index is 13.2. The van der Waals surface area contributed by atoms with Crippen molar-refractivity contribution in [3.8, 4) is 0 Å². The molecule has 9 nitrogen and oxygen atoms in total. The first-order valence-corrected chi connectivity index (χ1v) is 10.7. The highest BCUT2D eigenvalue weighted by Gasteiger charge is 2.35. The van der Waals surface area contributed by atoms with E-state index in [9.17, 15) is 24.3 Å². The van der Waals surface area contributed by atoms with E-state index in [4.69, 9.17) is 0 Å². The Morgan fingerprint density at radius 1 is 1.12 bits per heavy atom. The molecule has 2 heterocycles. The van der Waals surface area contributed by atoms with Gasteiger partial charge in [0, 0.05) is 12.1 Å². The number of benzene rings is 2. The molecule has 2 aromatic carbocycles. The minimum Gasteiger partial charge on any atom is -0.434 e. The molecule has 3 amide bonds. The van der Waals surface area contributed by atoms with E-state index in [-0.39, 0.29) is 31.3 Å². The van der Waals surface area contributed by atoms with Gasteiger partial charge in [0.15, 0.2) is 0 Å². The summed E-state index contributed by atoms with van der Waals surface area (Å²) in [6.45, 7) is 1.80. The fraction of sp³-hybridized carbons (Fsp3) is 0.333. The smallest absolute Gasteiger partial charge is 0.310 e. The fourth-order valence-electron chi connectivity index (χ4n) is 4.09. The van der Waals surface area contributed by atoms with Crippen molar-refractivity contribution < 1.29 is 29.0 Å². The number of hydrogen-bond acceptors (Lipinski definition) is 6. The lowest BCUT2D eigenvalue weighted by Crippen LogP contribution is -2.52. The van der Waals surface area contributed by atoms with Crippen molar-refractivity contribution in [3.63, 3.8) is 0 Å². The van der Waals surface area contributed by atoms with Crippen LogP contribution in [0.5, 0.6) is 0 Å². The molecule has 3 unspecified atom stereocenters. The van der Waals surface area contributed by atoms with Crippen molar-refractivity contribution in [1.82, 2.24) is 15.5 Å². The predicted molar refractivity (Wildman–Crippen MR) is 119 cm³/mol. The fourth-order valence-corrected chi connectivity index (χ4v) is 4.09. The number of amides is 3. The maximum Gasteiger partial charge on any atom is 0.310 e. The summed E-state index contributed by atoms with van der Waals surface area (Å²) in [4.78, 5) is 51.3. The number of carbonyl (C=O) groups is 4. The minimum atomic E-state index is -1.41. The number of ether oxygens (including phenoxy) is 1. The molecule has 1 saturated heterocycles. The number of hydrogen-bond donors (Lipinski definition) is 3. The van der Waals surface area contributed by atoms with Crippen LogP contribution in [-0.4, -0.2) is 65.2 Å². The number of fused-ring (bicyclic) bond motifs is 1. The standard InChI is InChI=1S/C24H25N3O6/c1-14-9-10-18(26-22(30)17-8-4-6-15-5-2-3-7-16(15)17)23(31)27(12-14)13-20(28)25-19-11-21(29)33-24(19)32/h2-9,18-19,24,32H,10-13H2,1H3,(H,25,28)(H,26,30). The molecular weight excluding hydrogens is 426 g/mol. The monoisotopic (exact) mass is 451 g/mol. The molecule has 172 valence electrons. The van der Waals surface area contributed by atoms with E-state index in [1.165, 1.54) is 4.90 Å². The zero-order valence-corrected chi connectivity index (χ0v) is 18.1. The van der Waals surface area contributed by atoms with Crippen LogP contribution in [0.1, 0.15) is 30.1 Å². The van der Waals surface area contributed by atoms with E-state index in [0.717, 1.165) is 16.3 Å². The molecule has 0 aromatic heterocycles. The first-order valence-electron chi connectivity index (χ1n) is 10.7. The number of nitrogens with zero attached hydrogens (tertiary/aromatic N) is 1. The highest BCUT2D eigenvalue weighted by atomic mass is 16.6. The SMILES string of the molecule is CC1=CCC(NC(=O)c2cccc3ccccc23)C(=O)N(CC(=O)NC2CC(=O)OC2O)C1. The van der Waals surface area contributed by atoms with Crippen LogP contribution >= 0.6 is 0 Å². The number of aliphatic hydroxyl groups excluding tert-OH is 1. The highest BCUT2D eigenvalue weighted by molar-refractivity contribution is 6.08. The van der Waals surface area contributed by atoms with E-state index >= 15 is 0 Å². The van der Waals surface area contributed by atoms with Gasteiger partial charge in [-0.3, -0.25) is 19.2 Å². The molecule has 0 saturated carbocycles. The molecule has 0 aliphatic carbocycles. The zero-order valence-electron chi connectivity index (χ0n) is 18.1. The third kappa shape index (κ3) is 5.04. The van der Waals surface area contributed by atoms with Crippen molar-refractivity contribution in [3.05, 3.63) is 59.7 Å². The Morgan fingerprint density at radius 2 is 1.88 bits per heavy atom. The van der Waals surface area contributed by atoms with Crippen LogP contribution in [0.25, 0.3) is 10.8 Å². The Morgan fingerprint density at radius 3 is 2.64 bits per heavy atom. The second kappa shape index (κ2) is 9.41. The summed E-state index contributed by atoms with van der Waals surface area (Å²) in [6.07, 6.45) is 0.638. The second-order valence-corrected chi connectivity index (χ2v) is 8.29. The van der Waals surface area contributed by atoms with Crippen LogP contribution in [-0.2, 0) is 19.1 Å². The topological polar surface area (TPSA) is 125 Å². The molecule has 0 bridgehead atoms. The van der Waals surface area contributed by atoms with E-state index in [0.29, 0.717) is 12.0 Å². The molecule has 3 atom stereocenters. The van der Waals surface area contributed by atoms with Gasteiger partial charge in [-0.2, -0.15) is 0 Å². The molecule has 3 N–H and O–H groups in total. The maximum absolute atomic E-state index is 13.2. The normalized spacial score (nSPS) is 23.0. The van der Waals surface area contributed by atoms with Crippen LogP contribution in [0.3, 0.4) is 0 Å². The van der Waals surface area contributed by atoms with Crippen LogP contribution in [0.2, 0.25) is 0 Å². The molecule has 0 spiro atoms. The molecule has 4 rings (SSSR count). The number of nitrogens with one attached hydrogen (secondary N) is 2. The molecule has 1 fully saturated rings. The van der Waals surface area contributed by atoms with Gasteiger partial charge in [0.25, 0.3) is 5.91 Å². The lowest BCUT2D eigenvalue weighted by Gasteiger charge is -2.26. The number of aliphatic hydroxyl groups is 1. The van der Waals surface area contributed by atoms with Crippen LogP contribution in [0, 0.1) is 0 Å². The van der Waals surface area contributed by atoms with Gasteiger partial charge in [-0.1, -0.05) is 48.0 Å². The first kappa shape index (κ1) is 22.5. The van der Waals surface area contributed by atoms with E-state index in [1.807, 2.05) is 43.3 Å². The van der Waals surface area contributed by atoms with Gasteiger partial charge in [-0.25, -0.2) is 0 Å². The Kier molecular flexibility index (Phi) is 6.41. The van der Waals surface area contributed by atoms with Crippen LogP contribution in [0.4, 0.5) is 0 Å². The van der Waals surface area contributed by atoms with Crippen molar-refractivity contribution in [1.29, 1.82) is 0 Å². The van der Waals surface area contributed by atoms with Crippen molar-refractivity contribution in [2.45, 2.75) is 38.1 Å². The molecule has 2 aromatic rings. The van der Waals surface area contributed by atoms with Crippen molar-refractivity contribution in [2.24, 2.45) is 0 Å². The molecule has 2 aliphatic heterocycles. The van der Waals surface area contributed by atoms with Crippen molar-refractivity contribution in [2.75, 3.05) is 13.1 Å². The van der Waals surface area contributed by atoms with E-state index in [2.05, 4.69) is 15.4 Å². The molecule has 0 radical (unpaired) electrons. The Bertz CT molecular complexity index is 1140. The molecule has 33 heavy (non-hydrogen) atoms. The van der Waals surface area contributed by atoms with E-state index in [1.54, 1.807) is 12.1 Å². The minimum absolute atomic E-state index is 0.135. The summed E-state index contributed by atoms with van der Waals surface area (Å²) in [5.41, 5.74) is 1.35. The quantitative estimate of drug-likeness (QED) is 0.458. The summed E-state index contributed by atoms with van der Waals surface area (Å²) in [7, 11) is 0. The van der Waals surface area contributed by atoms with Gasteiger partial charge in [-0.15, -0.1) is 0 Å². The summed E-state index contributed by atoms with van der Waals surface area (Å²) < 4.78 is 4.62. The third-order valence-corrected chi connectivity index (χ3v) is 5.76. The van der Waals surface area contributed by atoms with Crippen LogP contribution in [0.15, 0.2) is 54.1 Å². The van der Waals surface area contributed by atoms with Gasteiger partial charge in [0.1, 0.15) is 12.1 Å². The average molecular weight is 451 g/mol. The number of esters is 1. The number of rotatable bonds is 5. The highest BCUT2D eigenvalue weighted by Crippen LogP contribution is 2.20. The number of cyclic esters (lactones) is 1. The second-order valence-electron chi connectivity index (χ2n) is 8.29. The number of carbonyl (C=O) groups excluding carboxylic acids is 4. The molecule has 2 aliphatic rings. The van der Waals surface area contributed by atoms with Gasteiger partial charge in [0.05, 0.1) is 13.0 Å². The zero-order chi connectivity index (χ0) is 23.5. The van der Waals surface area contributed by atoms with Gasteiger partial charge in [-0.05, 0) is 30.2 Å². The summed E-state index contributed by atoms with van der Waals surface area (Å²) >= 11 is 0. The third-order valence-electron chi connectivity index (χ3n) is 5.76. The van der Waals surface area contributed by atoms with Crippen molar-refractivity contribution >= 4 is 34.5 Å². The first-order chi connectivity index (χ1) is 15.8. The van der Waals surface area contributed by atoms with Crippen LogP contribution < -0.4 is 10.6 Å². The summed E-state index contributed by atoms with van der Waals surface area (Å²) in [5, 5.41) is 16.7. The molecular formula is C24H25N3O6. The lowest BCUT2D eigenvalue weighted by atomic mass is 10.0. The largest absolute Gasteiger partial charge is 0.434 e. The average Bonchev–Trinajstić information content (AvgIpc) is 3.04. The Balaban J connectivity index is 1.46. The lowest BCUT2D eigenvalue weighted by molar-refractivity contribution is -0.155. The predicted octanol–water partition coefficient (Wildman–Crippen LogP) is 0.867. The summed E-state index contributed by atoms with van der Waals surface area (Å²) in [5.74, 6) is -1.88. The van der Waals surface area contributed by atoms with Gasteiger partial charge < -0.3 is 25.4 Å². The van der Waals surface area contributed by atoms with Gasteiger partial charge in [0.2, 0.25) is 18.1 Å². The van der Waals surface area contributed by atoms with E-state index < -0.39 is 30.3 Å². The van der Waals surface area contributed by atoms with Gasteiger partial charge >= 0.3 is 5.97 Å². The summed E-state index contributed by atoms with van der Waals surface area (Å²) in [6, 6.07) is 11.2. The Hall–Kier alpha value is -3.72. The Labute approximate surface area is 190 Å². The molecule has 9 heteroatoms.